The third-order valence-corrected chi connectivity index (χ3v) is 5.06. The minimum atomic E-state index is -0.298. The molecule has 4 rings (SSSR count). The molecule has 6 heteroatoms. The Morgan fingerprint density at radius 1 is 1.11 bits per heavy atom. The highest BCUT2D eigenvalue weighted by Gasteiger charge is 2.14. The number of aromatic nitrogens is 1. The number of halogens is 1. The van der Waals surface area contributed by atoms with Gasteiger partial charge in [0.2, 0.25) is 0 Å². The van der Waals surface area contributed by atoms with Crippen LogP contribution < -0.4 is 5.43 Å². The van der Waals surface area contributed by atoms with Gasteiger partial charge in [-0.25, -0.2) is 10.4 Å². The minimum absolute atomic E-state index is 0.298. The highest BCUT2D eigenvalue weighted by Crippen LogP contribution is 2.29. The fraction of sp³-hybridized carbons (Fsp3) is 0. The van der Waals surface area contributed by atoms with Gasteiger partial charge in [0, 0.05) is 21.5 Å². The van der Waals surface area contributed by atoms with Crippen molar-refractivity contribution in [2.75, 3.05) is 0 Å². The number of hydrogen-bond acceptors (Lipinski definition) is 4. The molecule has 0 saturated carbocycles. The first-order valence-electron chi connectivity index (χ1n) is 8.22. The number of benzene rings is 2. The Morgan fingerprint density at radius 2 is 1.93 bits per heavy atom. The molecular weight excluding hydrogens is 378 g/mol. The molecule has 0 aliphatic heterocycles. The maximum absolute atomic E-state index is 12.8. The molecule has 2 heterocycles. The minimum Gasteiger partial charge on any atom is -0.267 e. The number of carbonyl (C=O) groups is 1. The molecule has 0 bridgehead atoms. The lowest BCUT2D eigenvalue weighted by Crippen LogP contribution is -2.18. The summed E-state index contributed by atoms with van der Waals surface area (Å²) in [6, 6.07) is 18.6. The smallest absolute Gasteiger partial charge is 0.267 e. The van der Waals surface area contributed by atoms with E-state index in [9.17, 15) is 4.79 Å². The molecule has 2 aromatic heterocycles. The van der Waals surface area contributed by atoms with E-state index in [1.807, 2.05) is 59.3 Å². The highest BCUT2D eigenvalue weighted by atomic mass is 35.5. The molecule has 4 nitrogen and oxygen atoms in total. The van der Waals surface area contributed by atoms with Crippen LogP contribution in [0.1, 0.15) is 15.9 Å². The number of hydrazone groups is 1. The maximum atomic E-state index is 12.8. The van der Waals surface area contributed by atoms with Gasteiger partial charge in [0.05, 0.1) is 23.0 Å². The largest absolute Gasteiger partial charge is 0.272 e. The van der Waals surface area contributed by atoms with Crippen LogP contribution in [0.3, 0.4) is 0 Å². The van der Waals surface area contributed by atoms with Crippen molar-refractivity contribution in [1.29, 1.82) is 0 Å². The van der Waals surface area contributed by atoms with Crippen LogP contribution in [0, 0.1) is 0 Å². The van der Waals surface area contributed by atoms with Crippen LogP contribution in [0.2, 0.25) is 5.02 Å². The van der Waals surface area contributed by atoms with E-state index >= 15 is 0 Å². The molecule has 0 atom stereocenters. The summed E-state index contributed by atoms with van der Waals surface area (Å²) in [5.74, 6) is -0.298. The lowest BCUT2D eigenvalue weighted by Gasteiger charge is -2.10. The molecule has 2 aromatic carbocycles. The molecule has 0 aliphatic rings. The topological polar surface area (TPSA) is 54.4 Å². The number of thiophene rings is 1. The average Bonchev–Trinajstić information content (AvgIpc) is 3.21. The van der Waals surface area contributed by atoms with Gasteiger partial charge in [-0.05, 0) is 35.0 Å². The molecule has 0 aliphatic carbocycles. The van der Waals surface area contributed by atoms with Gasteiger partial charge in [0.25, 0.3) is 5.91 Å². The Labute approximate surface area is 165 Å². The van der Waals surface area contributed by atoms with E-state index in [1.54, 1.807) is 29.7 Å². The summed E-state index contributed by atoms with van der Waals surface area (Å²) >= 11 is 7.89. The van der Waals surface area contributed by atoms with Crippen molar-refractivity contribution in [3.63, 3.8) is 0 Å². The Balaban J connectivity index is 1.74. The van der Waals surface area contributed by atoms with Gasteiger partial charge in [0.1, 0.15) is 0 Å². The number of rotatable bonds is 4. The number of carbonyl (C=O) groups excluding carboxylic acids is 1. The lowest BCUT2D eigenvalue weighted by atomic mass is 10.0. The molecule has 0 radical (unpaired) electrons. The van der Waals surface area contributed by atoms with Crippen molar-refractivity contribution in [3.05, 3.63) is 87.6 Å². The second kappa shape index (κ2) is 7.70. The predicted molar refractivity (Wildman–Crippen MR) is 112 cm³/mol. The third kappa shape index (κ3) is 3.74. The predicted octanol–water partition coefficient (Wildman–Crippen LogP) is 5.38. The fourth-order valence-electron chi connectivity index (χ4n) is 2.74. The van der Waals surface area contributed by atoms with Gasteiger partial charge in [-0.1, -0.05) is 48.0 Å². The normalized spacial score (nSPS) is 11.1. The van der Waals surface area contributed by atoms with Crippen LogP contribution in [-0.2, 0) is 0 Å². The van der Waals surface area contributed by atoms with E-state index in [0.717, 1.165) is 22.0 Å². The average molecular weight is 392 g/mol. The molecule has 0 unspecified atom stereocenters. The number of pyridine rings is 1. The van der Waals surface area contributed by atoms with E-state index in [0.29, 0.717) is 16.3 Å². The number of hydrogen-bond donors (Lipinski definition) is 1. The summed E-state index contributed by atoms with van der Waals surface area (Å²) in [5, 5.41) is 9.30. The Morgan fingerprint density at radius 3 is 2.74 bits per heavy atom. The summed E-state index contributed by atoms with van der Waals surface area (Å²) in [4.78, 5) is 17.4. The van der Waals surface area contributed by atoms with Crippen LogP contribution in [-0.4, -0.2) is 17.1 Å². The molecule has 0 fully saturated rings. The molecule has 4 aromatic rings. The van der Waals surface area contributed by atoms with Crippen LogP contribution >= 0.6 is 22.9 Å². The first-order chi connectivity index (χ1) is 13.2. The van der Waals surface area contributed by atoms with Crippen LogP contribution in [0.15, 0.2) is 76.5 Å². The molecular formula is C21H14ClN3OS. The maximum Gasteiger partial charge on any atom is 0.272 e. The molecule has 1 amide bonds. The van der Waals surface area contributed by atoms with Crippen LogP contribution in [0.5, 0.6) is 0 Å². The molecule has 1 N–H and O–H groups in total. The number of nitrogens with zero attached hydrogens (tertiary/aromatic N) is 2. The van der Waals surface area contributed by atoms with Crippen LogP contribution in [0.4, 0.5) is 0 Å². The van der Waals surface area contributed by atoms with Gasteiger partial charge in [-0.3, -0.25) is 4.79 Å². The quantitative estimate of drug-likeness (QED) is 0.375. The summed E-state index contributed by atoms with van der Waals surface area (Å²) in [7, 11) is 0. The van der Waals surface area contributed by atoms with Gasteiger partial charge >= 0.3 is 0 Å². The zero-order valence-corrected chi connectivity index (χ0v) is 15.7. The second-order valence-corrected chi connectivity index (χ2v) is 7.00. The zero-order chi connectivity index (χ0) is 18.6. The SMILES string of the molecule is O=C(NN=Cc1ccsc1)c1cc(-c2ccccc2Cl)nc2ccccc12. The van der Waals surface area contributed by atoms with E-state index in [1.165, 1.54) is 0 Å². The monoisotopic (exact) mass is 391 g/mol. The van der Waals surface area contributed by atoms with E-state index in [4.69, 9.17) is 11.6 Å². The standard InChI is InChI=1S/C21H14ClN3OS/c22-18-7-3-1-6-16(18)20-11-17(15-5-2-4-8-19(15)24-20)21(26)25-23-12-14-9-10-27-13-14/h1-13H,(H,25,26). The second-order valence-electron chi connectivity index (χ2n) is 5.81. The third-order valence-electron chi connectivity index (χ3n) is 4.03. The van der Waals surface area contributed by atoms with Crippen molar-refractivity contribution in [2.24, 2.45) is 5.10 Å². The number of para-hydroxylation sites is 1. The van der Waals surface area contributed by atoms with Crippen molar-refractivity contribution >= 4 is 46.0 Å². The molecule has 0 spiro atoms. The summed E-state index contributed by atoms with van der Waals surface area (Å²) in [6.45, 7) is 0. The van der Waals surface area contributed by atoms with Gasteiger partial charge in [0.15, 0.2) is 0 Å². The number of fused-ring (bicyclic) bond motifs is 1. The number of amides is 1. The zero-order valence-electron chi connectivity index (χ0n) is 14.1. The lowest BCUT2D eigenvalue weighted by molar-refractivity contribution is 0.0957. The van der Waals surface area contributed by atoms with Gasteiger partial charge < -0.3 is 0 Å². The first-order valence-corrected chi connectivity index (χ1v) is 9.55. The Hall–Kier alpha value is -3.02. The van der Waals surface area contributed by atoms with Gasteiger partial charge in [-0.2, -0.15) is 16.4 Å². The molecule has 132 valence electrons. The van der Waals surface area contributed by atoms with Gasteiger partial charge in [-0.15, -0.1) is 0 Å². The Kier molecular flexibility index (Phi) is 4.96. The first kappa shape index (κ1) is 17.4. The van der Waals surface area contributed by atoms with Crippen LogP contribution in [0.25, 0.3) is 22.2 Å². The van der Waals surface area contributed by atoms with E-state index in [-0.39, 0.29) is 5.91 Å². The Bertz CT molecular complexity index is 1140. The summed E-state index contributed by atoms with van der Waals surface area (Å²) < 4.78 is 0. The summed E-state index contributed by atoms with van der Waals surface area (Å²) in [5.41, 5.74) is 6.18. The van der Waals surface area contributed by atoms with E-state index in [2.05, 4.69) is 15.5 Å². The fourth-order valence-corrected chi connectivity index (χ4v) is 3.59. The summed E-state index contributed by atoms with van der Waals surface area (Å²) in [6.07, 6.45) is 1.62. The number of nitrogens with one attached hydrogen (secondary N) is 1. The van der Waals surface area contributed by atoms with Crippen molar-refractivity contribution in [3.8, 4) is 11.3 Å². The molecule has 0 saturated heterocycles. The van der Waals surface area contributed by atoms with Crippen molar-refractivity contribution < 1.29 is 4.79 Å². The van der Waals surface area contributed by atoms with Crippen molar-refractivity contribution in [2.45, 2.75) is 0 Å². The highest BCUT2D eigenvalue weighted by molar-refractivity contribution is 7.08. The van der Waals surface area contributed by atoms with Crippen molar-refractivity contribution in [1.82, 2.24) is 10.4 Å². The molecule has 27 heavy (non-hydrogen) atoms. The van der Waals surface area contributed by atoms with E-state index < -0.39 is 0 Å².